The molecule has 0 aliphatic carbocycles. The molecular weight excluding hydrogens is 284 g/mol. The van der Waals surface area contributed by atoms with Gasteiger partial charge in [-0.15, -0.1) is 0 Å². The quantitative estimate of drug-likeness (QED) is 0.801. The Labute approximate surface area is 129 Å². The Kier molecular flexibility index (Phi) is 6.68. The molecule has 0 bridgehead atoms. The third kappa shape index (κ3) is 5.32. The Bertz CT molecular complexity index is 514. The van der Waals surface area contributed by atoms with Crippen LogP contribution in [-0.4, -0.2) is 44.2 Å². The summed E-state index contributed by atoms with van der Waals surface area (Å²) in [6, 6.07) is 8.04. The zero-order chi connectivity index (χ0) is 16.0. The highest BCUT2D eigenvalue weighted by molar-refractivity contribution is 7.91. The first-order valence-corrected chi connectivity index (χ1v) is 9.25. The number of rotatable bonds is 8. The van der Waals surface area contributed by atoms with Crippen molar-refractivity contribution < 1.29 is 8.42 Å². The molecule has 0 aliphatic heterocycles. The van der Waals surface area contributed by atoms with Crippen LogP contribution in [0, 0.1) is 0 Å². The van der Waals surface area contributed by atoms with Crippen molar-refractivity contribution in [2.24, 2.45) is 0 Å². The van der Waals surface area contributed by atoms with Crippen LogP contribution >= 0.6 is 0 Å². The monoisotopic (exact) mass is 312 g/mol. The van der Waals surface area contributed by atoms with Crippen molar-refractivity contribution in [1.29, 1.82) is 0 Å². The lowest BCUT2D eigenvalue weighted by Gasteiger charge is -2.30. The van der Waals surface area contributed by atoms with Crippen molar-refractivity contribution in [3.8, 4) is 0 Å². The van der Waals surface area contributed by atoms with Crippen LogP contribution in [0.3, 0.4) is 0 Å². The second kappa shape index (κ2) is 7.80. The van der Waals surface area contributed by atoms with Gasteiger partial charge in [-0.3, -0.25) is 4.90 Å². The highest BCUT2D eigenvalue weighted by Crippen LogP contribution is 2.15. The van der Waals surface area contributed by atoms with Gasteiger partial charge in [-0.25, -0.2) is 8.42 Å². The second-order valence-electron chi connectivity index (χ2n) is 5.78. The lowest BCUT2D eigenvalue weighted by molar-refractivity contribution is 0.182. The van der Waals surface area contributed by atoms with Gasteiger partial charge in [0.1, 0.15) is 0 Å². The standard InChI is InChI=1S/C16H28N2O2S/c1-6-21(19,20)16-9-7-15(8-10-16)17-11-12-18(13(2)3)14(4)5/h7-10,13-14,17H,6,11-12H2,1-5H3. The van der Waals surface area contributed by atoms with Crippen molar-refractivity contribution in [2.45, 2.75) is 51.6 Å². The minimum atomic E-state index is -3.11. The molecule has 0 aromatic heterocycles. The molecule has 0 fully saturated rings. The number of nitrogens with zero attached hydrogens (tertiary/aromatic N) is 1. The van der Waals surface area contributed by atoms with Crippen LogP contribution in [0.15, 0.2) is 29.2 Å². The predicted molar refractivity (Wildman–Crippen MR) is 89.6 cm³/mol. The molecular formula is C16H28N2O2S. The van der Waals surface area contributed by atoms with E-state index < -0.39 is 9.84 Å². The van der Waals surface area contributed by atoms with Crippen molar-refractivity contribution >= 4 is 15.5 Å². The maximum absolute atomic E-state index is 11.7. The fourth-order valence-electron chi connectivity index (χ4n) is 2.39. The van der Waals surface area contributed by atoms with E-state index in [9.17, 15) is 8.42 Å². The fraction of sp³-hybridized carbons (Fsp3) is 0.625. The summed E-state index contributed by atoms with van der Waals surface area (Å²) in [4.78, 5) is 2.81. The summed E-state index contributed by atoms with van der Waals surface area (Å²) in [6.07, 6.45) is 0. The van der Waals surface area contributed by atoms with E-state index in [0.29, 0.717) is 17.0 Å². The van der Waals surface area contributed by atoms with E-state index in [2.05, 4.69) is 37.9 Å². The molecule has 1 rings (SSSR count). The van der Waals surface area contributed by atoms with E-state index in [1.165, 1.54) is 0 Å². The van der Waals surface area contributed by atoms with E-state index in [4.69, 9.17) is 0 Å². The summed E-state index contributed by atoms with van der Waals surface area (Å²) < 4.78 is 23.5. The summed E-state index contributed by atoms with van der Waals surface area (Å²) in [5, 5.41) is 3.35. The summed E-state index contributed by atoms with van der Waals surface area (Å²) in [6.45, 7) is 12.3. The molecule has 1 aromatic rings. The van der Waals surface area contributed by atoms with E-state index in [-0.39, 0.29) is 5.75 Å². The van der Waals surface area contributed by atoms with Gasteiger partial charge in [0.15, 0.2) is 9.84 Å². The van der Waals surface area contributed by atoms with Crippen LogP contribution in [0.5, 0.6) is 0 Å². The average Bonchev–Trinajstić information content (AvgIpc) is 2.43. The number of hydrogen-bond donors (Lipinski definition) is 1. The van der Waals surface area contributed by atoms with Gasteiger partial charge in [-0.2, -0.15) is 0 Å². The molecule has 0 atom stereocenters. The van der Waals surface area contributed by atoms with Crippen LogP contribution < -0.4 is 5.32 Å². The Balaban J connectivity index is 2.58. The number of nitrogens with one attached hydrogen (secondary N) is 1. The summed E-state index contributed by atoms with van der Waals surface area (Å²) >= 11 is 0. The number of benzene rings is 1. The highest BCUT2D eigenvalue weighted by atomic mass is 32.2. The zero-order valence-corrected chi connectivity index (χ0v) is 14.6. The van der Waals surface area contributed by atoms with Gasteiger partial charge in [0.05, 0.1) is 10.6 Å². The third-order valence-corrected chi connectivity index (χ3v) is 5.37. The molecule has 5 heteroatoms. The van der Waals surface area contributed by atoms with E-state index in [1.807, 2.05) is 12.1 Å². The molecule has 120 valence electrons. The van der Waals surface area contributed by atoms with Gasteiger partial charge in [-0.1, -0.05) is 6.92 Å². The van der Waals surface area contributed by atoms with E-state index in [0.717, 1.165) is 18.8 Å². The second-order valence-corrected chi connectivity index (χ2v) is 8.06. The van der Waals surface area contributed by atoms with Gasteiger partial charge < -0.3 is 5.32 Å². The maximum Gasteiger partial charge on any atom is 0.178 e. The Morgan fingerprint density at radius 1 is 1.05 bits per heavy atom. The molecule has 0 unspecified atom stereocenters. The molecule has 0 amide bonds. The molecule has 21 heavy (non-hydrogen) atoms. The molecule has 1 N–H and O–H groups in total. The maximum atomic E-state index is 11.7. The SMILES string of the molecule is CCS(=O)(=O)c1ccc(NCCN(C(C)C)C(C)C)cc1. The summed E-state index contributed by atoms with van der Waals surface area (Å²) in [5.41, 5.74) is 0.956. The Hall–Kier alpha value is -1.07. The van der Waals surface area contributed by atoms with Crippen LogP contribution in [0.4, 0.5) is 5.69 Å². The normalized spacial score (nSPS) is 12.4. The molecule has 0 spiro atoms. The smallest absolute Gasteiger partial charge is 0.178 e. The van der Waals surface area contributed by atoms with Gasteiger partial charge in [0, 0.05) is 30.9 Å². The number of sulfone groups is 1. The first-order valence-electron chi connectivity index (χ1n) is 7.60. The Morgan fingerprint density at radius 2 is 1.57 bits per heavy atom. The minimum Gasteiger partial charge on any atom is -0.384 e. The summed E-state index contributed by atoms with van der Waals surface area (Å²) in [7, 11) is -3.11. The average molecular weight is 312 g/mol. The lowest BCUT2D eigenvalue weighted by Crippen LogP contribution is -2.40. The number of hydrogen-bond acceptors (Lipinski definition) is 4. The molecule has 0 aliphatic rings. The molecule has 0 radical (unpaired) electrons. The molecule has 4 nitrogen and oxygen atoms in total. The van der Waals surface area contributed by atoms with E-state index >= 15 is 0 Å². The topological polar surface area (TPSA) is 49.4 Å². The van der Waals surface area contributed by atoms with Crippen LogP contribution in [0.25, 0.3) is 0 Å². The molecule has 0 saturated carbocycles. The lowest BCUT2D eigenvalue weighted by atomic mass is 10.2. The Morgan fingerprint density at radius 3 is 2.00 bits per heavy atom. The predicted octanol–water partition coefficient (Wildman–Crippen LogP) is 3.01. The summed E-state index contributed by atoms with van der Waals surface area (Å²) in [5.74, 6) is 0.136. The van der Waals surface area contributed by atoms with Crippen molar-refractivity contribution in [2.75, 3.05) is 24.2 Å². The van der Waals surface area contributed by atoms with Crippen LogP contribution in [0.2, 0.25) is 0 Å². The van der Waals surface area contributed by atoms with Gasteiger partial charge >= 0.3 is 0 Å². The van der Waals surface area contributed by atoms with Crippen molar-refractivity contribution in [3.63, 3.8) is 0 Å². The van der Waals surface area contributed by atoms with Crippen molar-refractivity contribution in [1.82, 2.24) is 4.90 Å². The number of anilines is 1. The van der Waals surface area contributed by atoms with Crippen molar-refractivity contribution in [3.05, 3.63) is 24.3 Å². The van der Waals surface area contributed by atoms with Gasteiger partial charge in [-0.05, 0) is 52.0 Å². The first kappa shape index (κ1) is 18.0. The largest absolute Gasteiger partial charge is 0.384 e. The van der Waals surface area contributed by atoms with Crippen LogP contribution in [-0.2, 0) is 9.84 Å². The minimum absolute atomic E-state index is 0.136. The van der Waals surface area contributed by atoms with E-state index in [1.54, 1.807) is 19.1 Å². The molecule has 0 heterocycles. The fourth-order valence-corrected chi connectivity index (χ4v) is 3.27. The molecule has 1 aromatic carbocycles. The third-order valence-electron chi connectivity index (χ3n) is 3.62. The van der Waals surface area contributed by atoms with Gasteiger partial charge in [0.25, 0.3) is 0 Å². The first-order chi connectivity index (χ1) is 9.77. The highest BCUT2D eigenvalue weighted by Gasteiger charge is 2.13. The van der Waals surface area contributed by atoms with Gasteiger partial charge in [0.2, 0.25) is 0 Å². The molecule has 0 saturated heterocycles. The zero-order valence-electron chi connectivity index (χ0n) is 13.8. The van der Waals surface area contributed by atoms with Crippen LogP contribution in [0.1, 0.15) is 34.6 Å².